The van der Waals surface area contributed by atoms with Crippen LogP contribution in [0.15, 0.2) is 0 Å². The molecule has 0 rings (SSSR count). The fraction of sp³-hybridized carbons (Fsp3) is 1.00. The van der Waals surface area contributed by atoms with Gasteiger partial charge in [-0.25, -0.2) is 0 Å². The van der Waals surface area contributed by atoms with E-state index >= 15 is 0 Å². The first kappa shape index (κ1) is 7.52. The zero-order valence-corrected chi connectivity index (χ0v) is 6.46. The van der Waals surface area contributed by atoms with Crippen LogP contribution in [0.4, 0.5) is 17.6 Å². The maximum absolute atomic E-state index is 11.1. The number of hydrogen-bond acceptors (Lipinski definition) is 0. The van der Waals surface area contributed by atoms with Gasteiger partial charge in [-0.1, -0.05) is 0 Å². The van der Waals surface area contributed by atoms with E-state index in [1.165, 1.54) is 0 Å². The van der Waals surface area contributed by atoms with Gasteiger partial charge in [0.2, 0.25) is 0 Å². The van der Waals surface area contributed by atoms with E-state index < -0.39 is 32.9 Å². The van der Waals surface area contributed by atoms with Crippen molar-refractivity contribution in [2.24, 2.45) is 0 Å². The summed E-state index contributed by atoms with van der Waals surface area (Å²) in [6, 6.07) is 0. The molecule has 0 aromatic carbocycles. The van der Waals surface area contributed by atoms with Crippen molar-refractivity contribution in [3.05, 3.63) is 0 Å². The summed E-state index contributed by atoms with van der Waals surface area (Å²) in [6.07, 6.45) is -4.61. The van der Waals surface area contributed by atoms with Crippen LogP contribution in [-0.2, 0) is 0 Å². The molecule has 1 atom stereocenters. The van der Waals surface area contributed by atoms with E-state index in [0.717, 1.165) is 0 Å². The molecule has 0 aliphatic rings. The van der Waals surface area contributed by atoms with Gasteiger partial charge < -0.3 is 0 Å². The molecule has 0 spiro atoms. The molecule has 0 aliphatic heterocycles. The van der Waals surface area contributed by atoms with Crippen LogP contribution in [0, 0.1) is 0 Å². The molecule has 0 nitrogen and oxygen atoms in total. The summed E-state index contributed by atoms with van der Waals surface area (Å²) in [4.78, 5) is 0. The minimum absolute atomic E-state index is 0.405. The van der Waals surface area contributed by atoms with Gasteiger partial charge in [0.25, 0.3) is 0 Å². The molecular formula is C2H2F4Sn. The van der Waals surface area contributed by atoms with E-state index in [0.29, 0.717) is 0 Å². The Bertz CT molecular complexity index is 55.2. The van der Waals surface area contributed by atoms with Gasteiger partial charge in [-0.3, -0.25) is 0 Å². The molecule has 0 aromatic heterocycles. The van der Waals surface area contributed by atoms with Crippen molar-refractivity contribution in [2.45, 2.75) is 10.4 Å². The Balaban J connectivity index is 3.54. The average molecular weight is 221 g/mol. The zero-order valence-electron chi connectivity index (χ0n) is 3.17. The third-order valence-corrected chi connectivity index (χ3v) is 1.39. The van der Waals surface area contributed by atoms with Crippen LogP contribution in [0.3, 0.4) is 0 Å². The fourth-order valence-electron chi connectivity index (χ4n) is 0. The third kappa shape index (κ3) is 3.13. The van der Waals surface area contributed by atoms with Gasteiger partial charge >= 0.3 is 50.5 Å². The van der Waals surface area contributed by atoms with Gasteiger partial charge in [-0.15, -0.1) is 0 Å². The fourth-order valence-corrected chi connectivity index (χ4v) is 0. The van der Waals surface area contributed by atoms with Gasteiger partial charge in [0.15, 0.2) is 0 Å². The molecule has 42 valence electrons. The number of alkyl halides is 4. The first-order valence-electron chi connectivity index (χ1n) is 1.41. The van der Waals surface area contributed by atoms with Crippen LogP contribution in [0.25, 0.3) is 0 Å². The average Bonchev–Trinajstić information content (AvgIpc) is 1.31. The Morgan fingerprint density at radius 2 is 1.43 bits per heavy atom. The second-order valence-electron chi connectivity index (χ2n) is 0.943. The monoisotopic (exact) mass is 222 g/mol. The quantitative estimate of drug-likeness (QED) is 0.418. The second kappa shape index (κ2) is 2.19. The van der Waals surface area contributed by atoms with E-state index in [-0.39, 0.29) is 0 Å². The zero-order chi connectivity index (χ0) is 6.08. The van der Waals surface area contributed by atoms with Crippen molar-refractivity contribution in [2.75, 3.05) is 0 Å². The van der Waals surface area contributed by atoms with Crippen molar-refractivity contribution in [1.82, 2.24) is 0 Å². The molecule has 0 amide bonds. The Morgan fingerprint density at radius 3 is 1.43 bits per heavy atom. The van der Waals surface area contributed by atoms with Gasteiger partial charge in [0.05, 0.1) is 0 Å². The molecule has 0 bridgehead atoms. The van der Waals surface area contributed by atoms with Gasteiger partial charge in [-0.2, -0.15) is 0 Å². The molecule has 0 saturated heterocycles. The molecule has 0 heterocycles. The predicted molar refractivity (Wildman–Crippen MR) is 18.1 cm³/mol. The maximum atomic E-state index is 11.1. The Hall–Kier alpha value is 0.519. The molecule has 7 heavy (non-hydrogen) atoms. The number of rotatable bonds is 0. The molecule has 0 fully saturated rings. The summed E-state index contributed by atoms with van der Waals surface area (Å²) >= 11 is -0.405. The van der Waals surface area contributed by atoms with Crippen molar-refractivity contribution in [3.8, 4) is 0 Å². The standard InChI is InChI=1S/C2HF4.Sn.H/c3-1-2(4,5)6;;/h1H;;. The molecule has 0 N–H and O–H groups in total. The summed E-state index contributed by atoms with van der Waals surface area (Å²) in [5, 5.41) is 0. The summed E-state index contributed by atoms with van der Waals surface area (Å²) < 4.78 is 41.1. The first-order chi connectivity index (χ1) is 2.94. The SMILES string of the molecule is F[CH]([SnH])C(F)(F)F. The molecule has 0 aromatic rings. The molecule has 0 saturated carbocycles. The van der Waals surface area contributed by atoms with Crippen LogP contribution in [0.2, 0.25) is 0 Å². The van der Waals surface area contributed by atoms with E-state index in [9.17, 15) is 17.6 Å². The molecule has 2 radical (unpaired) electrons. The van der Waals surface area contributed by atoms with E-state index in [1.54, 1.807) is 0 Å². The molecule has 5 heteroatoms. The summed E-state index contributed by atoms with van der Waals surface area (Å²) in [7, 11) is 0. The minimum atomic E-state index is -4.61. The van der Waals surface area contributed by atoms with Crippen LogP contribution < -0.4 is 0 Å². The first-order valence-corrected chi connectivity index (χ1v) is 3.31. The molecular weight excluding hydrogens is 219 g/mol. The summed E-state index contributed by atoms with van der Waals surface area (Å²) in [5.41, 5.74) is 0. The van der Waals surface area contributed by atoms with Gasteiger partial charge in [0.1, 0.15) is 0 Å². The van der Waals surface area contributed by atoms with Crippen molar-refractivity contribution in [3.63, 3.8) is 0 Å². The van der Waals surface area contributed by atoms with Crippen molar-refractivity contribution < 1.29 is 17.6 Å². The van der Waals surface area contributed by atoms with Crippen molar-refractivity contribution in [1.29, 1.82) is 0 Å². The molecule has 0 aliphatic carbocycles. The predicted octanol–water partition coefficient (Wildman–Crippen LogP) is 0.745. The number of halogens is 4. The van der Waals surface area contributed by atoms with Crippen molar-refractivity contribution >= 4 is 22.5 Å². The normalized spacial score (nSPS) is 16.7. The summed E-state index contributed by atoms with van der Waals surface area (Å²) in [6.45, 7) is 0. The Labute approximate surface area is 51.0 Å². The van der Waals surface area contributed by atoms with Crippen LogP contribution in [-0.4, -0.2) is 32.9 Å². The second-order valence-corrected chi connectivity index (χ2v) is 2.61. The van der Waals surface area contributed by atoms with E-state index in [4.69, 9.17) is 0 Å². The molecule has 1 unspecified atom stereocenters. The Morgan fingerprint density at radius 1 is 1.29 bits per heavy atom. The van der Waals surface area contributed by atoms with E-state index in [1.807, 2.05) is 0 Å². The van der Waals surface area contributed by atoms with Crippen LogP contribution in [0.1, 0.15) is 0 Å². The van der Waals surface area contributed by atoms with Gasteiger partial charge in [0, 0.05) is 0 Å². The van der Waals surface area contributed by atoms with E-state index in [2.05, 4.69) is 0 Å². The third-order valence-electron chi connectivity index (χ3n) is 0.313. The van der Waals surface area contributed by atoms with Crippen LogP contribution >= 0.6 is 0 Å². The summed E-state index contributed by atoms with van der Waals surface area (Å²) in [5.74, 6) is 0. The topological polar surface area (TPSA) is 0 Å². The number of hydrogen-bond donors (Lipinski definition) is 0. The van der Waals surface area contributed by atoms with Crippen LogP contribution in [0.5, 0.6) is 0 Å². The van der Waals surface area contributed by atoms with Gasteiger partial charge in [-0.05, 0) is 0 Å². The Kier molecular flexibility index (Phi) is 2.35.